The minimum atomic E-state index is -1.37. The zero-order chi connectivity index (χ0) is 24.4. The molecule has 0 aromatic rings. The third kappa shape index (κ3) is 8.42. The van der Waals surface area contributed by atoms with Crippen molar-refractivity contribution >= 4 is 29.8 Å². The van der Waals surface area contributed by atoms with E-state index in [9.17, 15) is 24.0 Å². The summed E-state index contributed by atoms with van der Waals surface area (Å²) in [5.74, 6) is -3.19. The molecule has 12 nitrogen and oxygen atoms in total. The number of hydrogen-bond acceptors (Lipinski definition) is 11. The molecule has 0 saturated carbocycles. The smallest absolute Gasteiger partial charge is 0.334 e. The van der Waals surface area contributed by atoms with E-state index in [1.54, 1.807) is 6.92 Å². The van der Waals surface area contributed by atoms with Gasteiger partial charge in [0.1, 0.15) is 24.9 Å². The molecule has 1 unspecified atom stereocenters. The molecule has 1 N–H and O–H groups in total. The van der Waals surface area contributed by atoms with E-state index in [4.69, 9.17) is 23.7 Å². The molecule has 1 amide bonds. The minimum Gasteiger partial charge on any atom is -0.467 e. The first-order valence-corrected chi connectivity index (χ1v) is 10.2. The Labute approximate surface area is 186 Å². The average molecular weight is 461 g/mol. The van der Waals surface area contributed by atoms with Crippen LogP contribution < -0.4 is 5.32 Å². The molecule has 0 aromatic carbocycles. The SMILES string of the molecule is CCCC(=O)O[C@@H]1O[C@@H](COC(C)=O)[C@H](OC(C)=O)[C@@H](OC(C)C(=O)OC)[C@@H]1NC(C)=O. The van der Waals surface area contributed by atoms with Crippen LogP contribution in [0, 0.1) is 0 Å². The monoisotopic (exact) mass is 461 g/mol. The Morgan fingerprint density at radius 3 is 2.16 bits per heavy atom. The van der Waals surface area contributed by atoms with Gasteiger partial charge in [-0.2, -0.15) is 0 Å². The number of carbonyl (C=O) groups excluding carboxylic acids is 5. The zero-order valence-electron chi connectivity index (χ0n) is 19.1. The van der Waals surface area contributed by atoms with Crippen molar-refractivity contribution in [3.05, 3.63) is 0 Å². The Kier molecular flexibility index (Phi) is 11.1. The van der Waals surface area contributed by atoms with Gasteiger partial charge in [0.05, 0.1) is 7.11 Å². The summed E-state index contributed by atoms with van der Waals surface area (Å²) in [5, 5.41) is 2.56. The number of carbonyl (C=O) groups is 5. The summed E-state index contributed by atoms with van der Waals surface area (Å²) < 4.78 is 32.0. The van der Waals surface area contributed by atoms with Crippen LogP contribution in [0.25, 0.3) is 0 Å². The number of rotatable bonds is 10. The Bertz CT molecular complexity index is 695. The highest BCUT2D eigenvalue weighted by atomic mass is 16.7. The van der Waals surface area contributed by atoms with Gasteiger partial charge in [-0.1, -0.05) is 6.92 Å². The minimum absolute atomic E-state index is 0.0821. The van der Waals surface area contributed by atoms with E-state index in [-0.39, 0.29) is 13.0 Å². The quantitative estimate of drug-likeness (QED) is 0.345. The number of ether oxygens (including phenoxy) is 6. The Morgan fingerprint density at radius 2 is 1.66 bits per heavy atom. The third-order valence-electron chi connectivity index (χ3n) is 4.37. The van der Waals surface area contributed by atoms with Crippen LogP contribution in [-0.2, 0) is 52.4 Å². The molecule has 6 atom stereocenters. The van der Waals surface area contributed by atoms with Crippen LogP contribution in [0.2, 0.25) is 0 Å². The second kappa shape index (κ2) is 13.0. The summed E-state index contributed by atoms with van der Waals surface area (Å²) in [6.07, 6.45) is -5.50. The van der Waals surface area contributed by atoms with Crippen LogP contribution in [0.1, 0.15) is 47.5 Å². The van der Waals surface area contributed by atoms with E-state index in [2.05, 4.69) is 10.1 Å². The molecule has 1 aliphatic heterocycles. The van der Waals surface area contributed by atoms with Gasteiger partial charge < -0.3 is 33.7 Å². The lowest BCUT2D eigenvalue weighted by atomic mass is 9.95. The molecule has 1 rings (SSSR count). The molecule has 182 valence electrons. The van der Waals surface area contributed by atoms with Crippen molar-refractivity contribution in [1.29, 1.82) is 0 Å². The normalized spacial score (nSPS) is 25.8. The Hall–Kier alpha value is -2.73. The van der Waals surface area contributed by atoms with Crippen LogP contribution in [-0.4, -0.2) is 80.2 Å². The van der Waals surface area contributed by atoms with Gasteiger partial charge in [0.15, 0.2) is 12.2 Å². The van der Waals surface area contributed by atoms with Crippen LogP contribution in [0.15, 0.2) is 0 Å². The summed E-state index contributed by atoms with van der Waals surface area (Å²) in [7, 11) is 1.17. The topological polar surface area (TPSA) is 153 Å². The first kappa shape index (κ1) is 27.3. The number of esters is 4. The molecule has 0 aromatic heterocycles. The summed E-state index contributed by atoms with van der Waals surface area (Å²) in [5.41, 5.74) is 0. The lowest BCUT2D eigenvalue weighted by molar-refractivity contribution is -0.279. The van der Waals surface area contributed by atoms with Gasteiger partial charge in [0.25, 0.3) is 0 Å². The van der Waals surface area contributed by atoms with Crippen LogP contribution in [0.4, 0.5) is 0 Å². The maximum Gasteiger partial charge on any atom is 0.334 e. The Morgan fingerprint density at radius 1 is 1.00 bits per heavy atom. The van der Waals surface area contributed by atoms with Crippen molar-refractivity contribution < 1.29 is 52.4 Å². The van der Waals surface area contributed by atoms with Crippen LogP contribution in [0.5, 0.6) is 0 Å². The molecular weight excluding hydrogens is 430 g/mol. The largest absolute Gasteiger partial charge is 0.467 e. The number of methoxy groups -OCH3 is 1. The van der Waals surface area contributed by atoms with Gasteiger partial charge in [-0.3, -0.25) is 19.2 Å². The first-order valence-electron chi connectivity index (χ1n) is 10.2. The molecule has 1 aliphatic rings. The Balaban J connectivity index is 3.39. The molecule has 0 radical (unpaired) electrons. The van der Waals surface area contributed by atoms with Crippen molar-refractivity contribution in [2.24, 2.45) is 0 Å². The molecule has 0 aliphatic carbocycles. The fraction of sp³-hybridized carbons (Fsp3) is 0.750. The summed E-state index contributed by atoms with van der Waals surface area (Å²) in [4.78, 5) is 59.1. The van der Waals surface area contributed by atoms with Gasteiger partial charge in [-0.25, -0.2) is 4.79 Å². The predicted octanol–water partition coefficient (Wildman–Crippen LogP) is 0.000800. The second-order valence-electron chi connectivity index (χ2n) is 7.15. The maximum absolute atomic E-state index is 12.2. The van der Waals surface area contributed by atoms with Crippen LogP contribution in [0.3, 0.4) is 0 Å². The van der Waals surface area contributed by atoms with E-state index in [1.807, 2.05) is 0 Å². The second-order valence-corrected chi connectivity index (χ2v) is 7.15. The van der Waals surface area contributed by atoms with Crippen molar-refractivity contribution in [2.75, 3.05) is 13.7 Å². The van der Waals surface area contributed by atoms with E-state index < -0.39 is 66.5 Å². The lowest BCUT2D eigenvalue weighted by Gasteiger charge is -2.45. The molecule has 0 spiro atoms. The highest BCUT2D eigenvalue weighted by molar-refractivity contribution is 5.75. The predicted molar refractivity (Wildman–Crippen MR) is 106 cm³/mol. The van der Waals surface area contributed by atoms with Crippen molar-refractivity contribution in [1.82, 2.24) is 5.32 Å². The van der Waals surface area contributed by atoms with Crippen molar-refractivity contribution in [3.8, 4) is 0 Å². The van der Waals surface area contributed by atoms with E-state index in [0.717, 1.165) is 6.92 Å². The number of amides is 1. The molecule has 12 heteroatoms. The third-order valence-corrected chi connectivity index (χ3v) is 4.37. The van der Waals surface area contributed by atoms with Gasteiger partial charge in [0, 0.05) is 27.2 Å². The standard InChI is InChI=1S/C20H31NO11/c1-7-8-15(25)32-20-16(21-11(3)22)18(29-10(2)19(26)27-6)17(30-13(5)24)14(31-20)9-28-12(4)23/h10,14,16-18,20H,7-9H2,1-6H3,(H,21,22)/t10?,14-,16-,17-,18-,20-/m0/s1. The van der Waals surface area contributed by atoms with Crippen molar-refractivity contribution in [2.45, 2.75) is 84.2 Å². The van der Waals surface area contributed by atoms with E-state index >= 15 is 0 Å². The van der Waals surface area contributed by atoms with Gasteiger partial charge in [-0.15, -0.1) is 0 Å². The van der Waals surface area contributed by atoms with Gasteiger partial charge >= 0.3 is 23.9 Å². The summed E-state index contributed by atoms with van der Waals surface area (Å²) >= 11 is 0. The van der Waals surface area contributed by atoms with E-state index in [1.165, 1.54) is 27.9 Å². The van der Waals surface area contributed by atoms with Crippen molar-refractivity contribution in [3.63, 3.8) is 0 Å². The molecule has 1 fully saturated rings. The molecular formula is C20H31NO11. The lowest BCUT2D eigenvalue weighted by Crippen LogP contribution is -2.67. The van der Waals surface area contributed by atoms with E-state index in [0.29, 0.717) is 6.42 Å². The number of nitrogens with one attached hydrogen (secondary N) is 1. The highest BCUT2D eigenvalue weighted by Crippen LogP contribution is 2.29. The fourth-order valence-corrected chi connectivity index (χ4v) is 3.07. The fourth-order valence-electron chi connectivity index (χ4n) is 3.07. The van der Waals surface area contributed by atoms with Gasteiger partial charge in [0.2, 0.25) is 12.2 Å². The maximum atomic E-state index is 12.2. The zero-order valence-corrected chi connectivity index (χ0v) is 19.1. The highest BCUT2D eigenvalue weighted by Gasteiger charge is 2.52. The molecule has 1 heterocycles. The first-order chi connectivity index (χ1) is 15.0. The molecule has 0 bridgehead atoms. The summed E-state index contributed by atoms with van der Waals surface area (Å²) in [6.45, 7) is 6.35. The number of hydrogen-bond donors (Lipinski definition) is 1. The average Bonchev–Trinajstić information content (AvgIpc) is 2.69. The molecule has 32 heavy (non-hydrogen) atoms. The summed E-state index contributed by atoms with van der Waals surface area (Å²) in [6, 6.07) is -1.15. The van der Waals surface area contributed by atoms with Crippen LogP contribution >= 0.6 is 0 Å². The molecule has 1 saturated heterocycles. The van der Waals surface area contributed by atoms with Gasteiger partial charge in [-0.05, 0) is 13.3 Å².